The first-order chi connectivity index (χ1) is 8.74. The summed E-state index contributed by atoms with van der Waals surface area (Å²) in [5, 5.41) is 3.82. The quantitative estimate of drug-likeness (QED) is 0.819. The Bertz CT molecular complexity index is 271. The average molecular weight is 254 g/mol. The molecule has 18 heavy (non-hydrogen) atoms. The smallest absolute Gasteiger partial charge is 0.409 e. The summed E-state index contributed by atoms with van der Waals surface area (Å²) in [6.45, 7) is 3.92. The monoisotopic (exact) mass is 254 g/mol. The van der Waals surface area contributed by atoms with Crippen LogP contribution in [-0.4, -0.2) is 43.3 Å². The van der Waals surface area contributed by atoms with Crippen LogP contribution in [0, 0.1) is 5.92 Å². The van der Waals surface area contributed by atoms with Gasteiger partial charge in [-0.3, -0.25) is 0 Å². The van der Waals surface area contributed by atoms with Crippen molar-refractivity contribution in [3.05, 3.63) is 0 Å². The van der Waals surface area contributed by atoms with Gasteiger partial charge in [0.05, 0.1) is 7.11 Å². The van der Waals surface area contributed by atoms with Gasteiger partial charge in [0.1, 0.15) is 0 Å². The Morgan fingerprint density at radius 2 is 2.00 bits per heavy atom. The highest BCUT2D eigenvalue weighted by molar-refractivity contribution is 5.67. The Morgan fingerprint density at radius 3 is 2.50 bits per heavy atom. The van der Waals surface area contributed by atoms with Crippen LogP contribution in [0.4, 0.5) is 4.79 Å². The van der Waals surface area contributed by atoms with Crippen LogP contribution in [0.2, 0.25) is 0 Å². The number of amides is 1. The lowest BCUT2D eigenvalue weighted by atomic mass is 10.0. The number of nitrogens with zero attached hydrogens (tertiary/aromatic N) is 1. The van der Waals surface area contributed by atoms with E-state index in [2.05, 4.69) is 12.2 Å². The Kier molecular flexibility index (Phi) is 4.87. The fourth-order valence-corrected chi connectivity index (χ4v) is 2.93. The van der Waals surface area contributed by atoms with Gasteiger partial charge in [-0.2, -0.15) is 0 Å². The van der Waals surface area contributed by atoms with Gasteiger partial charge in [0.25, 0.3) is 0 Å². The molecular weight excluding hydrogens is 228 g/mol. The van der Waals surface area contributed by atoms with Crippen LogP contribution in [-0.2, 0) is 4.74 Å². The van der Waals surface area contributed by atoms with Gasteiger partial charge < -0.3 is 15.0 Å². The Balaban J connectivity index is 1.73. The maximum absolute atomic E-state index is 11.4. The van der Waals surface area contributed by atoms with Crippen LogP contribution >= 0.6 is 0 Å². The van der Waals surface area contributed by atoms with Gasteiger partial charge in [-0.05, 0) is 38.0 Å². The number of hydrogen-bond donors (Lipinski definition) is 1. The topological polar surface area (TPSA) is 41.6 Å². The molecule has 0 bridgehead atoms. The lowest BCUT2D eigenvalue weighted by molar-refractivity contribution is 0.108. The second-order valence-corrected chi connectivity index (χ2v) is 5.63. The van der Waals surface area contributed by atoms with E-state index in [1.807, 2.05) is 4.90 Å². The predicted molar refractivity (Wildman–Crippen MR) is 71.6 cm³/mol. The predicted octanol–water partition coefficient (Wildman–Crippen LogP) is 2.39. The maximum Gasteiger partial charge on any atom is 0.409 e. The number of hydrogen-bond acceptors (Lipinski definition) is 3. The minimum atomic E-state index is -0.180. The first-order valence-corrected chi connectivity index (χ1v) is 7.33. The third-order valence-electron chi connectivity index (χ3n) is 4.17. The summed E-state index contributed by atoms with van der Waals surface area (Å²) in [6.07, 6.45) is 7.29. The van der Waals surface area contributed by atoms with E-state index in [0.717, 1.165) is 31.8 Å². The molecule has 4 heteroatoms. The number of likely N-dealkylation sites (tertiary alicyclic amines) is 1. The molecule has 0 aromatic rings. The van der Waals surface area contributed by atoms with Gasteiger partial charge in [-0.25, -0.2) is 4.79 Å². The van der Waals surface area contributed by atoms with Crippen LogP contribution in [0.3, 0.4) is 0 Å². The molecule has 4 nitrogen and oxygen atoms in total. The van der Waals surface area contributed by atoms with Gasteiger partial charge in [-0.1, -0.05) is 13.3 Å². The number of carbonyl (C=O) groups excluding carboxylic acids is 1. The van der Waals surface area contributed by atoms with Crippen LogP contribution < -0.4 is 5.32 Å². The van der Waals surface area contributed by atoms with Crippen molar-refractivity contribution >= 4 is 6.09 Å². The average Bonchev–Trinajstić information content (AvgIpc) is 3.22. The second-order valence-electron chi connectivity index (χ2n) is 5.63. The van der Waals surface area contributed by atoms with Crippen molar-refractivity contribution in [2.45, 2.75) is 57.5 Å². The molecule has 1 N–H and O–H groups in total. The molecule has 1 aliphatic carbocycles. The van der Waals surface area contributed by atoms with Crippen molar-refractivity contribution < 1.29 is 9.53 Å². The van der Waals surface area contributed by atoms with E-state index >= 15 is 0 Å². The minimum Gasteiger partial charge on any atom is -0.453 e. The summed E-state index contributed by atoms with van der Waals surface area (Å²) in [4.78, 5) is 13.2. The highest BCUT2D eigenvalue weighted by Gasteiger charge is 2.33. The summed E-state index contributed by atoms with van der Waals surface area (Å²) < 4.78 is 4.76. The van der Waals surface area contributed by atoms with E-state index in [-0.39, 0.29) is 6.09 Å². The van der Waals surface area contributed by atoms with Gasteiger partial charge in [0.2, 0.25) is 0 Å². The Hall–Kier alpha value is -0.770. The molecule has 1 amide bonds. The van der Waals surface area contributed by atoms with Gasteiger partial charge >= 0.3 is 6.09 Å². The molecular formula is C14H26N2O2. The lowest BCUT2D eigenvalue weighted by Gasteiger charge is -2.34. The summed E-state index contributed by atoms with van der Waals surface area (Å²) in [7, 11) is 1.46. The number of piperidine rings is 1. The summed E-state index contributed by atoms with van der Waals surface area (Å²) in [6, 6.07) is 1.30. The highest BCUT2D eigenvalue weighted by atomic mass is 16.5. The number of methoxy groups -OCH3 is 1. The molecule has 1 saturated carbocycles. The normalized spacial score (nSPS) is 22.9. The summed E-state index contributed by atoms with van der Waals surface area (Å²) in [5.74, 6) is 0.920. The van der Waals surface area contributed by atoms with Crippen LogP contribution in [0.1, 0.15) is 45.4 Å². The van der Waals surface area contributed by atoms with Crippen molar-refractivity contribution in [1.82, 2.24) is 10.2 Å². The van der Waals surface area contributed by atoms with Crippen LogP contribution in [0.25, 0.3) is 0 Å². The van der Waals surface area contributed by atoms with E-state index in [9.17, 15) is 4.79 Å². The van der Waals surface area contributed by atoms with Crippen LogP contribution in [0.5, 0.6) is 0 Å². The molecule has 1 aliphatic heterocycles. The van der Waals surface area contributed by atoms with Crippen molar-refractivity contribution in [3.8, 4) is 0 Å². The first kappa shape index (κ1) is 13.7. The van der Waals surface area contributed by atoms with Crippen molar-refractivity contribution in [2.24, 2.45) is 5.92 Å². The zero-order valence-electron chi connectivity index (χ0n) is 11.7. The molecule has 1 atom stereocenters. The zero-order chi connectivity index (χ0) is 13.0. The van der Waals surface area contributed by atoms with E-state index in [0.29, 0.717) is 12.1 Å². The van der Waals surface area contributed by atoms with Crippen molar-refractivity contribution in [2.75, 3.05) is 20.2 Å². The molecule has 104 valence electrons. The number of rotatable bonds is 5. The third-order valence-corrected chi connectivity index (χ3v) is 4.17. The summed E-state index contributed by atoms with van der Waals surface area (Å²) in [5.41, 5.74) is 0. The fraction of sp³-hybridized carbons (Fsp3) is 0.929. The standard InChI is InChI=1S/C14H26N2O2/c1-3-4-13(11-5-6-11)15-12-7-9-16(10-8-12)14(17)18-2/h11-13,15H,3-10H2,1-2H3/t13-/m1/s1. The van der Waals surface area contributed by atoms with Crippen LogP contribution in [0.15, 0.2) is 0 Å². The minimum absolute atomic E-state index is 0.180. The van der Waals surface area contributed by atoms with E-state index < -0.39 is 0 Å². The van der Waals surface area contributed by atoms with E-state index in [1.165, 1.54) is 32.8 Å². The fourth-order valence-electron chi connectivity index (χ4n) is 2.93. The van der Waals surface area contributed by atoms with Gasteiger partial charge in [0.15, 0.2) is 0 Å². The Labute approximate surface area is 110 Å². The molecule has 0 aromatic heterocycles. The molecule has 1 saturated heterocycles. The number of carbonyl (C=O) groups is 1. The maximum atomic E-state index is 11.4. The van der Waals surface area contributed by atoms with Gasteiger partial charge in [0, 0.05) is 25.2 Å². The summed E-state index contributed by atoms with van der Waals surface area (Å²) >= 11 is 0. The lowest BCUT2D eigenvalue weighted by Crippen LogP contribution is -2.48. The Morgan fingerprint density at radius 1 is 1.33 bits per heavy atom. The molecule has 0 spiro atoms. The SMILES string of the molecule is CCC[C@@H](NC1CCN(C(=O)OC)CC1)C1CC1. The molecule has 2 aliphatic rings. The van der Waals surface area contributed by atoms with Gasteiger partial charge in [-0.15, -0.1) is 0 Å². The molecule has 0 aromatic carbocycles. The highest BCUT2D eigenvalue weighted by Crippen LogP contribution is 2.35. The molecule has 2 rings (SSSR count). The van der Waals surface area contributed by atoms with Crippen molar-refractivity contribution in [3.63, 3.8) is 0 Å². The zero-order valence-corrected chi connectivity index (χ0v) is 11.7. The third kappa shape index (κ3) is 3.61. The number of nitrogens with one attached hydrogen (secondary N) is 1. The van der Waals surface area contributed by atoms with Crippen molar-refractivity contribution in [1.29, 1.82) is 0 Å². The number of ether oxygens (including phenoxy) is 1. The largest absolute Gasteiger partial charge is 0.453 e. The molecule has 1 heterocycles. The first-order valence-electron chi connectivity index (χ1n) is 7.33. The second kappa shape index (κ2) is 6.41. The molecule has 0 unspecified atom stereocenters. The molecule has 2 fully saturated rings. The van der Waals surface area contributed by atoms with E-state index in [4.69, 9.17) is 4.74 Å². The molecule has 0 radical (unpaired) electrons. The van der Waals surface area contributed by atoms with E-state index in [1.54, 1.807) is 0 Å².